The summed E-state index contributed by atoms with van der Waals surface area (Å²) in [4.78, 5) is 19.0. The zero-order chi connectivity index (χ0) is 26.4. The van der Waals surface area contributed by atoms with Crippen LogP contribution in [-0.2, 0) is 13.2 Å². The van der Waals surface area contributed by atoms with Gasteiger partial charge in [0.15, 0.2) is 0 Å². The SMILES string of the molecule is COc1cc(SC)ccc1C(=O)N1CCC2(CCN(Cc3ccccc3OCc3ccccc3)CC2)CC1. The van der Waals surface area contributed by atoms with Crippen LogP contribution in [-0.4, -0.2) is 55.3 Å². The Balaban J connectivity index is 1.14. The van der Waals surface area contributed by atoms with E-state index in [1.165, 1.54) is 24.0 Å². The Kier molecular flexibility index (Phi) is 8.60. The average molecular weight is 531 g/mol. The molecule has 3 aromatic carbocycles. The lowest BCUT2D eigenvalue weighted by Crippen LogP contribution is -2.48. The van der Waals surface area contributed by atoms with Crippen molar-refractivity contribution >= 4 is 17.7 Å². The molecule has 38 heavy (non-hydrogen) atoms. The summed E-state index contributed by atoms with van der Waals surface area (Å²) in [5.74, 6) is 1.74. The van der Waals surface area contributed by atoms with E-state index in [1.54, 1.807) is 18.9 Å². The third-order valence-corrected chi connectivity index (χ3v) is 9.00. The van der Waals surface area contributed by atoms with Crippen molar-refractivity contribution in [2.75, 3.05) is 39.5 Å². The van der Waals surface area contributed by atoms with Crippen LogP contribution in [0.5, 0.6) is 11.5 Å². The van der Waals surface area contributed by atoms with Gasteiger partial charge in [-0.25, -0.2) is 0 Å². The molecule has 6 heteroatoms. The normalized spacial score (nSPS) is 17.4. The lowest BCUT2D eigenvalue weighted by molar-refractivity contribution is 0.0282. The first kappa shape index (κ1) is 26.6. The monoisotopic (exact) mass is 530 g/mol. The molecule has 2 fully saturated rings. The minimum absolute atomic E-state index is 0.0916. The fourth-order valence-corrected chi connectivity index (χ4v) is 6.20. The molecule has 3 aromatic rings. The van der Waals surface area contributed by atoms with Gasteiger partial charge in [-0.05, 0) is 80.3 Å². The van der Waals surface area contributed by atoms with Crippen LogP contribution in [0.1, 0.15) is 47.2 Å². The molecule has 5 rings (SSSR count). The first-order valence-electron chi connectivity index (χ1n) is 13.6. The van der Waals surface area contributed by atoms with E-state index in [9.17, 15) is 4.79 Å². The highest BCUT2D eigenvalue weighted by molar-refractivity contribution is 7.98. The molecule has 1 amide bonds. The number of para-hydroxylation sites is 1. The van der Waals surface area contributed by atoms with Crippen molar-refractivity contribution in [3.05, 3.63) is 89.5 Å². The van der Waals surface area contributed by atoms with E-state index in [4.69, 9.17) is 9.47 Å². The summed E-state index contributed by atoms with van der Waals surface area (Å²) in [5, 5.41) is 0. The third kappa shape index (κ3) is 6.19. The largest absolute Gasteiger partial charge is 0.496 e. The van der Waals surface area contributed by atoms with Crippen LogP contribution in [0.4, 0.5) is 0 Å². The number of rotatable bonds is 8. The molecule has 5 nitrogen and oxygen atoms in total. The lowest BCUT2D eigenvalue weighted by Gasteiger charge is -2.47. The van der Waals surface area contributed by atoms with Gasteiger partial charge in [0, 0.05) is 30.1 Å². The van der Waals surface area contributed by atoms with Crippen LogP contribution in [0.15, 0.2) is 77.7 Å². The zero-order valence-electron chi connectivity index (χ0n) is 22.5. The Labute approximate surface area is 231 Å². The molecule has 0 unspecified atom stereocenters. The lowest BCUT2D eigenvalue weighted by atomic mass is 9.71. The fourth-order valence-electron chi connectivity index (χ4n) is 5.77. The Morgan fingerprint density at radius 3 is 2.26 bits per heavy atom. The average Bonchev–Trinajstić information content (AvgIpc) is 2.98. The molecular formula is C32H38N2O3S. The highest BCUT2D eigenvalue weighted by Gasteiger charge is 2.39. The van der Waals surface area contributed by atoms with Gasteiger partial charge >= 0.3 is 0 Å². The van der Waals surface area contributed by atoms with E-state index >= 15 is 0 Å². The Bertz CT molecular complexity index is 1210. The number of nitrogens with zero attached hydrogens (tertiary/aromatic N) is 2. The van der Waals surface area contributed by atoms with Gasteiger partial charge < -0.3 is 14.4 Å². The molecule has 0 aromatic heterocycles. The number of piperidine rings is 2. The second kappa shape index (κ2) is 12.3. The van der Waals surface area contributed by atoms with E-state index in [1.807, 2.05) is 47.6 Å². The Morgan fingerprint density at radius 2 is 1.55 bits per heavy atom. The highest BCUT2D eigenvalue weighted by Crippen LogP contribution is 2.42. The van der Waals surface area contributed by atoms with Crippen molar-refractivity contribution in [1.82, 2.24) is 9.80 Å². The summed E-state index contributed by atoms with van der Waals surface area (Å²) in [7, 11) is 1.64. The minimum atomic E-state index is 0.0916. The van der Waals surface area contributed by atoms with Crippen LogP contribution in [0.25, 0.3) is 0 Å². The highest BCUT2D eigenvalue weighted by atomic mass is 32.2. The van der Waals surface area contributed by atoms with E-state index in [2.05, 4.69) is 41.3 Å². The molecule has 0 aliphatic carbocycles. The van der Waals surface area contributed by atoms with Crippen LogP contribution in [0.3, 0.4) is 0 Å². The quantitative estimate of drug-likeness (QED) is 0.311. The number of hydrogen-bond acceptors (Lipinski definition) is 5. The van der Waals surface area contributed by atoms with E-state index in [0.29, 0.717) is 23.3 Å². The molecule has 2 aliphatic rings. The molecule has 200 valence electrons. The number of thioether (sulfide) groups is 1. The number of amides is 1. The topological polar surface area (TPSA) is 42.0 Å². The van der Waals surface area contributed by atoms with Crippen LogP contribution < -0.4 is 9.47 Å². The fraction of sp³-hybridized carbons (Fsp3) is 0.406. The summed E-state index contributed by atoms with van der Waals surface area (Å²) < 4.78 is 11.7. The molecule has 1 spiro atoms. The van der Waals surface area contributed by atoms with Gasteiger partial charge in [0.05, 0.1) is 12.7 Å². The second-order valence-corrected chi connectivity index (χ2v) is 11.4. The maximum Gasteiger partial charge on any atom is 0.257 e. The molecule has 0 saturated carbocycles. The molecule has 0 radical (unpaired) electrons. The molecule has 0 N–H and O–H groups in total. The number of methoxy groups -OCH3 is 1. The van der Waals surface area contributed by atoms with Crippen molar-refractivity contribution in [3.8, 4) is 11.5 Å². The van der Waals surface area contributed by atoms with Crippen LogP contribution >= 0.6 is 11.8 Å². The van der Waals surface area contributed by atoms with E-state index in [-0.39, 0.29) is 5.91 Å². The number of benzene rings is 3. The maximum atomic E-state index is 13.3. The third-order valence-electron chi connectivity index (χ3n) is 8.27. The van der Waals surface area contributed by atoms with E-state index < -0.39 is 0 Å². The van der Waals surface area contributed by atoms with Crippen molar-refractivity contribution in [1.29, 1.82) is 0 Å². The Hall–Kier alpha value is -2.96. The predicted molar refractivity (Wildman–Crippen MR) is 154 cm³/mol. The van der Waals surface area contributed by atoms with Crippen molar-refractivity contribution < 1.29 is 14.3 Å². The molecular weight excluding hydrogens is 492 g/mol. The molecule has 0 bridgehead atoms. The molecule has 0 atom stereocenters. The van der Waals surface area contributed by atoms with Crippen molar-refractivity contribution in [2.24, 2.45) is 5.41 Å². The first-order valence-corrected chi connectivity index (χ1v) is 14.8. The van der Waals surface area contributed by atoms with Crippen LogP contribution in [0, 0.1) is 5.41 Å². The standard InChI is InChI=1S/C32H38N2O3S/c1-36-30-22-27(38-2)12-13-28(30)31(35)34-20-16-32(17-21-34)14-18-33(19-15-32)23-26-10-6-7-11-29(26)37-24-25-8-4-3-5-9-25/h3-13,22H,14-21,23-24H2,1-2H3. The number of ether oxygens (including phenoxy) is 2. The number of hydrogen-bond donors (Lipinski definition) is 0. The van der Waals surface area contributed by atoms with Gasteiger partial charge in [0.2, 0.25) is 0 Å². The summed E-state index contributed by atoms with van der Waals surface area (Å²) in [6.45, 7) is 5.32. The van der Waals surface area contributed by atoms with Crippen molar-refractivity contribution in [3.63, 3.8) is 0 Å². The number of likely N-dealkylation sites (tertiary alicyclic amines) is 2. The Morgan fingerprint density at radius 1 is 0.868 bits per heavy atom. The van der Waals surface area contributed by atoms with Gasteiger partial charge in [0.1, 0.15) is 18.1 Å². The summed E-state index contributed by atoms with van der Waals surface area (Å²) >= 11 is 1.66. The zero-order valence-corrected chi connectivity index (χ0v) is 23.3. The summed E-state index contributed by atoms with van der Waals surface area (Å²) in [6, 6.07) is 24.6. The number of carbonyl (C=O) groups is 1. The minimum Gasteiger partial charge on any atom is -0.496 e. The van der Waals surface area contributed by atoms with E-state index in [0.717, 1.165) is 56.2 Å². The molecule has 2 aliphatic heterocycles. The van der Waals surface area contributed by atoms with Gasteiger partial charge in [0.25, 0.3) is 5.91 Å². The maximum absolute atomic E-state index is 13.3. The van der Waals surface area contributed by atoms with Gasteiger partial charge in [-0.1, -0.05) is 48.5 Å². The van der Waals surface area contributed by atoms with Crippen LogP contribution in [0.2, 0.25) is 0 Å². The molecule has 2 saturated heterocycles. The summed E-state index contributed by atoms with van der Waals surface area (Å²) in [5.41, 5.74) is 3.46. The summed E-state index contributed by atoms with van der Waals surface area (Å²) in [6.07, 6.45) is 6.56. The molecule has 2 heterocycles. The van der Waals surface area contributed by atoms with Crippen molar-refractivity contribution in [2.45, 2.75) is 43.7 Å². The second-order valence-electron chi connectivity index (χ2n) is 10.5. The van der Waals surface area contributed by atoms with Gasteiger partial charge in [-0.2, -0.15) is 0 Å². The predicted octanol–water partition coefficient (Wildman–Crippen LogP) is 6.51. The number of carbonyl (C=O) groups excluding carboxylic acids is 1. The van der Waals surface area contributed by atoms with Gasteiger partial charge in [-0.15, -0.1) is 11.8 Å². The van der Waals surface area contributed by atoms with Gasteiger partial charge in [-0.3, -0.25) is 9.69 Å². The smallest absolute Gasteiger partial charge is 0.257 e. The first-order chi connectivity index (χ1) is 18.6.